The van der Waals surface area contributed by atoms with Crippen LogP contribution >= 0.6 is 0 Å². The fraction of sp³-hybridized carbons (Fsp3) is 0. The minimum atomic E-state index is 0. The molecule has 1 N–H and O–H groups in total. The number of benzene rings is 6. The van der Waals surface area contributed by atoms with Gasteiger partial charge in [0.2, 0.25) is 0 Å². The first-order chi connectivity index (χ1) is 23.7. The van der Waals surface area contributed by atoms with E-state index < -0.39 is 0 Å². The maximum Gasteiger partial charge on any atom is 0.125 e. The summed E-state index contributed by atoms with van der Waals surface area (Å²) in [6, 6.07) is 52.3. The van der Waals surface area contributed by atoms with Gasteiger partial charge < -0.3 is 14.7 Å². The molecule has 0 atom stereocenters. The molecule has 0 aliphatic rings. The summed E-state index contributed by atoms with van der Waals surface area (Å²) in [5, 5.41) is 15.4. The van der Waals surface area contributed by atoms with Crippen LogP contribution < -0.4 is 0 Å². The summed E-state index contributed by atoms with van der Waals surface area (Å²) in [6.45, 7) is 0. The molecule has 0 bridgehead atoms. The molecule has 0 amide bonds. The van der Waals surface area contributed by atoms with E-state index in [0.29, 0.717) is 17.2 Å². The first-order valence-electron chi connectivity index (χ1n) is 15.8. The predicted octanol–water partition coefficient (Wildman–Crippen LogP) is 10.3. The van der Waals surface area contributed by atoms with Crippen molar-refractivity contribution in [3.05, 3.63) is 164 Å². The monoisotopic (exact) mass is 810 g/mol. The van der Waals surface area contributed by atoms with E-state index in [0.717, 1.165) is 66.1 Å². The molecular weight excluding hydrogens is 784 g/mol. The van der Waals surface area contributed by atoms with Gasteiger partial charge in [0.05, 0.1) is 16.9 Å². The molecule has 0 saturated heterocycles. The Morgan fingerprint density at radius 2 is 1.24 bits per heavy atom. The van der Waals surface area contributed by atoms with Crippen LogP contribution in [-0.2, 0) is 21.1 Å². The molecule has 5 nitrogen and oxygen atoms in total. The van der Waals surface area contributed by atoms with Gasteiger partial charge >= 0.3 is 0 Å². The van der Waals surface area contributed by atoms with Crippen LogP contribution in [0.3, 0.4) is 0 Å². The summed E-state index contributed by atoms with van der Waals surface area (Å²) in [5.41, 5.74) is 8.14. The molecule has 0 spiro atoms. The zero-order valence-electron chi connectivity index (χ0n) is 26.1. The van der Waals surface area contributed by atoms with E-state index in [1.165, 1.54) is 0 Å². The Bertz CT molecular complexity index is 2570. The molecule has 236 valence electrons. The summed E-state index contributed by atoms with van der Waals surface area (Å²) >= 11 is 0. The molecule has 6 heteroatoms. The van der Waals surface area contributed by atoms with Crippen LogP contribution in [0.4, 0.5) is 0 Å². The maximum absolute atomic E-state index is 10.9. The van der Waals surface area contributed by atoms with Crippen molar-refractivity contribution in [2.24, 2.45) is 0 Å². The van der Waals surface area contributed by atoms with Crippen LogP contribution in [0.5, 0.6) is 5.75 Å². The van der Waals surface area contributed by atoms with E-state index in [9.17, 15) is 5.11 Å². The van der Waals surface area contributed by atoms with Crippen molar-refractivity contribution in [1.29, 1.82) is 0 Å². The van der Waals surface area contributed by atoms with E-state index in [-0.39, 0.29) is 26.8 Å². The molecule has 0 saturated carbocycles. The molecular formula is C43H27N4OPt-. The van der Waals surface area contributed by atoms with E-state index in [2.05, 4.69) is 89.6 Å². The minimum Gasteiger partial charge on any atom is -0.507 e. The van der Waals surface area contributed by atoms with Gasteiger partial charge in [-0.05, 0) is 28.6 Å². The Kier molecular flexibility index (Phi) is 7.83. The van der Waals surface area contributed by atoms with Gasteiger partial charge in [-0.3, -0.25) is 0 Å². The quantitative estimate of drug-likeness (QED) is 0.139. The summed E-state index contributed by atoms with van der Waals surface area (Å²) in [4.78, 5) is 15.4. The van der Waals surface area contributed by atoms with Crippen molar-refractivity contribution >= 4 is 32.4 Å². The Morgan fingerprint density at radius 1 is 0.571 bits per heavy atom. The van der Waals surface area contributed by atoms with E-state index in [1.54, 1.807) is 6.07 Å². The van der Waals surface area contributed by atoms with Crippen molar-refractivity contribution < 1.29 is 26.2 Å². The molecule has 3 aromatic heterocycles. The van der Waals surface area contributed by atoms with Crippen LogP contribution in [0.15, 0.2) is 158 Å². The smallest absolute Gasteiger partial charge is 0.125 e. The zero-order valence-corrected chi connectivity index (χ0v) is 28.3. The van der Waals surface area contributed by atoms with Crippen LogP contribution in [0.2, 0.25) is 0 Å². The molecule has 49 heavy (non-hydrogen) atoms. The fourth-order valence-corrected chi connectivity index (χ4v) is 6.65. The third kappa shape index (κ3) is 5.29. The summed E-state index contributed by atoms with van der Waals surface area (Å²) in [7, 11) is 0. The number of hydrogen-bond donors (Lipinski definition) is 1. The Labute approximate surface area is 297 Å². The maximum atomic E-state index is 10.9. The van der Waals surface area contributed by atoms with Crippen molar-refractivity contribution in [2.75, 3.05) is 0 Å². The predicted molar refractivity (Wildman–Crippen MR) is 194 cm³/mol. The average molecular weight is 811 g/mol. The number of aromatic nitrogens is 4. The zero-order chi connectivity index (χ0) is 32.0. The average Bonchev–Trinajstić information content (AvgIpc) is 3.60. The molecule has 0 fully saturated rings. The van der Waals surface area contributed by atoms with Gasteiger partial charge in [-0.1, -0.05) is 115 Å². The topological polar surface area (TPSA) is 63.8 Å². The van der Waals surface area contributed by atoms with Crippen LogP contribution in [-0.4, -0.2) is 24.6 Å². The minimum absolute atomic E-state index is 0. The molecule has 0 unspecified atom stereocenters. The van der Waals surface area contributed by atoms with Crippen LogP contribution in [0.1, 0.15) is 0 Å². The number of para-hydroxylation sites is 1. The second-order valence-corrected chi connectivity index (χ2v) is 11.8. The summed E-state index contributed by atoms with van der Waals surface area (Å²) in [6.07, 6.45) is 3.89. The standard InChI is InChI=1S/C43H27N4O.Pt/c48-38-20-9-16-31-21-22-32-23-24-36(45-40(32)39(31)38)37-27-47(43(46-37)41-33-17-8-7-15-30(33)25-26-44-41)42-34(28-11-3-1-4-12-28)18-10-19-35(42)29-13-5-2-6-14-29;/h1-16,18-27,48H;/q-1;. The van der Waals surface area contributed by atoms with Crippen molar-refractivity contribution in [3.63, 3.8) is 0 Å². The number of rotatable bonds is 5. The number of aromatic hydroxyl groups is 1. The number of imidazole rings is 1. The number of phenolic OH excluding ortho intramolecular Hbond substituents is 1. The molecule has 0 radical (unpaired) electrons. The third-order valence-electron chi connectivity index (χ3n) is 8.89. The molecule has 9 aromatic rings. The second kappa shape index (κ2) is 12.6. The number of phenols is 1. The van der Waals surface area contributed by atoms with Crippen LogP contribution in [0.25, 0.3) is 83.3 Å². The van der Waals surface area contributed by atoms with Gasteiger partial charge in [0.1, 0.15) is 17.3 Å². The molecule has 6 aromatic carbocycles. The van der Waals surface area contributed by atoms with E-state index in [1.807, 2.05) is 72.9 Å². The van der Waals surface area contributed by atoms with Gasteiger partial charge in [0.15, 0.2) is 0 Å². The Balaban J connectivity index is 0.00000348. The SMILES string of the molecule is Oc1cccc2ccc3ccc(-c4cn(-c5c(-c6ccccc6)cccc5-c5ccccc5)c(-c5nccc6ccc[c-]c56)n4)nc3c12.[Pt]. The van der Waals surface area contributed by atoms with Gasteiger partial charge in [-0.2, -0.15) is 0 Å². The normalized spacial score (nSPS) is 11.2. The van der Waals surface area contributed by atoms with E-state index >= 15 is 0 Å². The number of pyridine rings is 2. The number of fused-ring (bicyclic) bond motifs is 4. The van der Waals surface area contributed by atoms with Gasteiger partial charge in [-0.15, -0.1) is 35.0 Å². The number of nitrogens with zero attached hydrogens (tertiary/aromatic N) is 4. The summed E-state index contributed by atoms with van der Waals surface area (Å²) < 4.78 is 2.16. The fourth-order valence-electron chi connectivity index (χ4n) is 6.65. The van der Waals surface area contributed by atoms with Crippen molar-refractivity contribution in [2.45, 2.75) is 0 Å². The van der Waals surface area contributed by atoms with Gasteiger partial charge in [-0.25, -0.2) is 9.97 Å². The van der Waals surface area contributed by atoms with Crippen LogP contribution in [0, 0.1) is 6.07 Å². The Hall–Kier alpha value is -5.90. The first-order valence-corrected chi connectivity index (χ1v) is 15.8. The van der Waals surface area contributed by atoms with Gasteiger partial charge in [0.25, 0.3) is 0 Å². The van der Waals surface area contributed by atoms with Crippen molar-refractivity contribution in [3.8, 4) is 56.6 Å². The molecule has 9 rings (SSSR count). The third-order valence-corrected chi connectivity index (χ3v) is 8.89. The first kappa shape index (κ1) is 30.4. The number of hydrogen-bond acceptors (Lipinski definition) is 4. The van der Waals surface area contributed by atoms with Gasteiger partial charge in [0, 0.05) is 61.1 Å². The Morgan fingerprint density at radius 3 is 2.00 bits per heavy atom. The summed E-state index contributed by atoms with van der Waals surface area (Å²) in [5.74, 6) is 0.884. The molecule has 0 aliphatic heterocycles. The van der Waals surface area contributed by atoms with E-state index in [4.69, 9.17) is 15.0 Å². The molecule has 3 heterocycles. The largest absolute Gasteiger partial charge is 0.507 e. The second-order valence-electron chi connectivity index (χ2n) is 11.8. The van der Waals surface area contributed by atoms with Crippen molar-refractivity contribution in [1.82, 2.24) is 19.5 Å². The molecule has 0 aliphatic carbocycles.